The lowest BCUT2D eigenvalue weighted by Crippen LogP contribution is -2.66. The van der Waals surface area contributed by atoms with E-state index in [1.807, 2.05) is 6.20 Å². The molecule has 4 saturated heterocycles. The molecule has 2 bridgehead atoms. The molecule has 37 heavy (non-hydrogen) atoms. The Morgan fingerprint density at radius 2 is 1.54 bits per heavy atom. The average Bonchev–Trinajstić information content (AvgIpc) is 3.48. The molecule has 4 fully saturated rings. The third kappa shape index (κ3) is 3.82. The number of methoxy groups -OCH3 is 2. The van der Waals surface area contributed by atoms with E-state index in [9.17, 15) is 5.11 Å². The Morgan fingerprint density at radius 3 is 2.14 bits per heavy atom. The van der Waals surface area contributed by atoms with Crippen LogP contribution in [0.3, 0.4) is 0 Å². The predicted octanol–water partition coefficient (Wildman–Crippen LogP) is 1.65. The van der Waals surface area contributed by atoms with Gasteiger partial charge in [0.1, 0.15) is 6.33 Å². The maximum absolute atomic E-state index is 10.3. The SMILES string of the molecule is COc1cc(-c2cn(-c3nc(N4CC5CCC(C4)O5)nc(N4CC5(COC5)C4)n3)cn2)cc(OC)c1O. The summed E-state index contributed by atoms with van der Waals surface area (Å²) in [6.07, 6.45) is 6.14. The van der Waals surface area contributed by atoms with E-state index in [0.29, 0.717) is 35.0 Å². The van der Waals surface area contributed by atoms with Crippen LogP contribution in [0.1, 0.15) is 12.8 Å². The summed E-state index contributed by atoms with van der Waals surface area (Å²) in [5, 5.41) is 10.3. The fourth-order valence-corrected chi connectivity index (χ4v) is 5.62. The molecule has 0 amide bonds. The molecule has 2 atom stereocenters. The van der Waals surface area contributed by atoms with Crippen LogP contribution in [0.4, 0.5) is 11.9 Å². The summed E-state index contributed by atoms with van der Waals surface area (Å²) in [4.78, 5) is 23.6. The van der Waals surface area contributed by atoms with Gasteiger partial charge in [0, 0.05) is 37.9 Å². The second-order valence-corrected chi connectivity index (χ2v) is 10.3. The number of benzene rings is 1. The molecule has 1 N–H and O–H groups in total. The van der Waals surface area contributed by atoms with Crippen LogP contribution in [0.5, 0.6) is 17.2 Å². The maximum atomic E-state index is 10.3. The standard InChI is InChI=1S/C25H29N7O5/c1-34-19-5-15(6-20(35-2)21(19)33)18-9-31(14-26-18)23-27-22(30-7-16-3-4-17(8-30)37-16)28-24(29-23)32-10-25(11-32)12-36-13-25/h5-6,9,14,16-17,33H,3-4,7-8,10-13H2,1-2H3. The van der Waals surface area contributed by atoms with Crippen LogP contribution in [-0.2, 0) is 9.47 Å². The third-order valence-corrected chi connectivity index (χ3v) is 7.67. The van der Waals surface area contributed by atoms with Crippen LogP contribution in [0.25, 0.3) is 17.2 Å². The molecule has 3 aromatic rings. The van der Waals surface area contributed by atoms with E-state index in [-0.39, 0.29) is 23.4 Å². The van der Waals surface area contributed by atoms with Gasteiger partial charge in [-0.15, -0.1) is 0 Å². The Hall–Kier alpha value is -3.64. The van der Waals surface area contributed by atoms with Crippen molar-refractivity contribution in [1.82, 2.24) is 24.5 Å². The molecular formula is C25H29N7O5. The van der Waals surface area contributed by atoms with E-state index in [1.54, 1.807) is 23.0 Å². The number of aromatic nitrogens is 5. The third-order valence-electron chi connectivity index (χ3n) is 7.67. The van der Waals surface area contributed by atoms with E-state index in [0.717, 1.165) is 57.8 Å². The quantitative estimate of drug-likeness (QED) is 0.524. The van der Waals surface area contributed by atoms with Gasteiger partial charge >= 0.3 is 0 Å². The number of phenols is 1. The number of ether oxygens (including phenoxy) is 4. The zero-order chi connectivity index (χ0) is 25.1. The van der Waals surface area contributed by atoms with E-state index in [2.05, 4.69) is 14.8 Å². The van der Waals surface area contributed by atoms with Gasteiger partial charge in [-0.1, -0.05) is 0 Å². The smallest absolute Gasteiger partial charge is 0.241 e. The van der Waals surface area contributed by atoms with Crippen molar-refractivity contribution in [3.8, 4) is 34.5 Å². The van der Waals surface area contributed by atoms with Gasteiger partial charge in [-0.05, 0) is 25.0 Å². The summed E-state index contributed by atoms with van der Waals surface area (Å²) >= 11 is 0. The minimum atomic E-state index is -0.0522. The van der Waals surface area contributed by atoms with Crippen molar-refractivity contribution in [3.63, 3.8) is 0 Å². The van der Waals surface area contributed by atoms with Gasteiger partial charge in [0.25, 0.3) is 0 Å². The summed E-state index contributed by atoms with van der Waals surface area (Å²) in [6, 6.07) is 3.44. The number of nitrogens with zero attached hydrogens (tertiary/aromatic N) is 7. The summed E-state index contributed by atoms with van der Waals surface area (Å²) in [5.74, 6) is 2.39. The van der Waals surface area contributed by atoms with Crippen LogP contribution < -0.4 is 19.3 Å². The highest BCUT2D eigenvalue weighted by Gasteiger charge is 2.50. The van der Waals surface area contributed by atoms with E-state index in [4.69, 9.17) is 33.9 Å². The molecule has 0 aliphatic carbocycles. The lowest BCUT2D eigenvalue weighted by atomic mass is 9.78. The van der Waals surface area contributed by atoms with E-state index < -0.39 is 0 Å². The molecule has 0 saturated carbocycles. The monoisotopic (exact) mass is 507 g/mol. The maximum Gasteiger partial charge on any atom is 0.241 e. The molecule has 6 heterocycles. The molecule has 7 rings (SSSR count). The largest absolute Gasteiger partial charge is 0.502 e. The molecular weight excluding hydrogens is 478 g/mol. The van der Waals surface area contributed by atoms with E-state index in [1.165, 1.54) is 14.2 Å². The molecule has 1 spiro atoms. The molecule has 4 aliphatic rings. The first-order valence-corrected chi connectivity index (χ1v) is 12.5. The Bertz CT molecular complexity index is 1300. The van der Waals surface area contributed by atoms with E-state index >= 15 is 0 Å². The minimum Gasteiger partial charge on any atom is -0.502 e. The van der Waals surface area contributed by atoms with Gasteiger partial charge < -0.3 is 33.9 Å². The highest BCUT2D eigenvalue weighted by atomic mass is 16.5. The van der Waals surface area contributed by atoms with Crippen LogP contribution in [0.15, 0.2) is 24.7 Å². The molecule has 194 valence electrons. The highest BCUT2D eigenvalue weighted by molar-refractivity contribution is 5.68. The minimum absolute atomic E-state index is 0.0522. The Balaban J connectivity index is 1.24. The van der Waals surface area contributed by atoms with Crippen LogP contribution >= 0.6 is 0 Å². The number of anilines is 2. The Kier molecular flexibility index (Phi) is 5.15. The van der Waals surface area contributed by atoms with Gasteiger partial charge in [0.15, 0.2) is 11.5 Å². The topological polar surface area (TPSA) is 120 Å². The van der Waals surface area contributed by atoms with Crippen molar-refractivity contribution in [1.29, 1.82) is 0 Å². The van der Waals surface area contributed by atoms with Crippen molar-refractivity contribution in [2.24, 2.45) is 5.41 Å². The Labute approximate surface area is 213 Å². The summed E-state index contributed by atoms with van der Waals surface area (Å²) < 4.78 is 23.9. The number of fused-ring (bicyclic) bond motifs is 2. The highest BCUT2D eigenvalue weighted by Crippen LogP contribution is 2.41. The molecule has 1 aromatic carbocycles. The van der Waals surface area contributed by atoms with Crippen LogP contribution in [0.2, 0.25) is 0 Å². The number of morpholine rings is 1. The lowest BCUT2D eigenvalue weighted by Gasteiger charge is -2.54. The van der Waals surface area contributed by atoms with Crippen molar-refractivity contribution < 1.29 is 24.1 Å². The van der Waals surface area contributed by atoms with Gasteiger partial charge in [-0.2, -0.15) is 15.0 Å². The molecule has 12 nitrogen and oxygen atoms in total. The van der Waals surface area contributed by atoms with Crippen LogP contribution in [-0.4, -0.2) is 95.4 Å². The number of hydrogen-bond donors (Lipinski definition) is 1. The zero-order valence-electron chi connectivity index (χ0n) is 20.8. The first kappa shape index (κ1) is 22.5. The van der Waals surface area contributed by atoms with Crippen molar-refractivity contribution >= 4 is 11.9 Å². The molecule has 0 radical (unpaired) electrons. The average molecular weight is 508 g/mol. The first-order chi connectivity index (χ1) is 18.0. The molecule has 4 aliphatic heterocycles. The van der Waals surface area contributed by atoms with Crippen LogP contribution in [0, 0.1) is 5.41 Å². The fraction of sp³-hybridized carbons (Fsp3) is 0.520. The molecule has 2 unspecified atom stereocenters. The number of aromatic hydroxyl groups is 1. The summed E-state index contributed by atoms with van der Waals surface area (Å²) in [7, 11) is 3.00. The Morgan fingerprint density at radius 1 is 0.919 bits per heavy atom. The number of rotatable bonds is 6. The van der Waals surface area contributed by atoms with Gasteiger partial charge in [0.05, 0.1) is 50.8 Å². The predicted molar refractivity (Wildman–Crippen MR) is 133 cm³/mol. The normalized spacial score (nSPS) is 23.6. The number of hydrogen-bond acceptors (Lipinski definition) is 11. The second kappa shape index (κ2) is 8.45. The number of phenolic OH excluding ortho intramolecular Hbond substituents is 1. The fourth-order valence-electron chi connectivity index (χ4n) is 5.62. The summed E-state index contributed by atoms with van der Waals surface area (Å²) in [6.45, 7) is 4.91. The zero-order valence-corrected chi connectivity index (χ0v) is 20.8. The van der Waals surface area contributed by atoms with Gasteiger partial charge in [-0.3, -0.25) is 4.57 Å². The van der Waals surface area contributed by atoms with Crippen molar-refractivity contribution in [2.45, 2.75) is 25.0 Å². The van der Waals surface area contributed by atoms with Gasteiger partial charge in [-0.25, -0.2) is 4.98 Å². The lowest BCUT2D eigenvalue weighted by molar-refractivity contribution is -0.127. The van der Waals surface area contributed by atoms with Crippen molar-refractivity contribution in [2.75, 3.05) is 63.4 Å². The molecule has 12 heteroatoms. The number of imidazole rings is 1. The van der Waals surface area contributed by atoms with Crippen molar-refractivity contribution in [3.05, 3.63) is 24.7 Å². The summed E-state index contributed by atoms with van der Waals surface area (Å²) in [5.41, 5.74) is 1.64. The molecule has 2 aromatic heterocycles. The second-order valence-electron chi connectivity index (χ2n) is 10.3. The first-order valence-electron chi connectivity index (χ1n) is 12.5. The van der Waals surface area contributed by atoms with Gasteiger partial charge in [0.2, 0.25) is 23.6 Å².